The molecule has 0 radical (unpaired) electrons. The third-order valence-corrected chi connectivity index (χ3v) is 6.93. The van der Waals surface area contributed by atoms with Crippen LogP contribution in [0.3, 0.4) is 0 Å². The van der Waals surface area contributed by atoms with Crippen LogP contribution in [0, 0.1) is 11.7 Å². The van der Waals surface area contributed by atoms with Gasteiger partial charge in [0, 0.05) is 24.5 Å². The summed E-state index contributed by atoms with van der Waals surface area (Å²) >= 11 is 0. The van der Waals surface area contributed by atoms with E-state index in [9.17, 15) is 4.39 Å². The van der Waals surface area contributed by atoms with Gasteiger partial charge in [0.15, 0.2) is 0 Å². The summed E-state index contributed by atoms with van der Waals surface area (Å²) in [6.07, 6.45) is 5.24. The van der Waals surface area contributed by atoms with Crippen LogP contribution in [0.1, 0.15) is 38.3 Å². The number of piperidine rings is 2. The van der Waals surface area contributed by atoms with Crippen molar-refractivity contribution in [2.75, 3.05) is 46.3 Å². The Hall–Kier alpha value is -1.56. The van der Waals surface area contributed by atoms with Crippen LogP contribution >= 0.6 is 0 Å². The number of likely N-dealkylation sites (tertiary alicyclic amines) is 2. The van der Waals surface area contributed by atoms with Crippen LogP contribution < -0.4 is 0 Å². The fourth-order valence-corrected chi connectivity index (χ4v) is 5.00. The van der Waals surface area contributed by atoms with Crippen LogP contribution in [0.15, 0.2) is 30.3 Å². The molecule has 2 fully saturated rings. The van der Waals surface area contributed by atoms with E-state index >= 15 is 0 Å². The summed E-state index contributed by atoms with van der Waals surface area (Å²) < 4.78 is 14.1. The smallest absolute Gasteiger partial charge is 0.149 e. The summed E-state index contributed by atoms with van der Waals surface area (Å²) in [6, 6.07) is 10.0. The van der Waals surface area contributed by atoms with Gasteiger partial charge in [-0.05, 0) is 83.5 Å². The zero-order valence-electron chi connectivity index (χ0n) is 18.0. The van der Waals surface area contributed by atoms with E-state index in [1.165, 1.54) is 57.9 Å². The van der Waals surface area contributed by atoms with Crippen molar-refractivity contribution in [3.63, 3.8) is 0 Å². The molecule has 0 unspecified atom stereocenters. The van der Waals surface area contributed by atoms with Crippen molar-refractivity contribution >= 4 is 10.9 Å². The number of hydrogen-bond donors (Lipinski definition) is 0. The molecule has 5 heteroatoms. The maximum Gasteiger partial charge on any atom is 0.149 e. The van der Waals surface area contributed by atoms with Crippen molar-refractivity contribution in [1.82, 2.24) is 19.7 Å². The molecule has 0 spiro atoms. The lowest BCUT2D eigenvalue weighted by Gasteiger charge is -2.41. The quantitative estimate of drug-likeness (QED) is 0.733. The minimum absolute atomic E-state index is 0.228. The van der Waals surface area contributed by atoms with Gasteiger partial charge in [-0.15, -0.1) is 0 Å². The zero-order chi connectivity index (χ0) is 20.2. The first kappa shape index (κ1) is 20.7. The van der Waals surface area contributed by atoms with Crippen LogP contribution in [0.25, 0.3) is 10.9 Å². The maximum absolute atomic E-state index is 14.1. The summed E-state index contributed by atoms with van der Waals surface area (Å²) in [6.45, 7) is 10.1. The van der Waals surface area contributed by atoms with Gasteiger partial charge < -0.3 is 9.80 Å². The first-order valence-electron chi connectivity index (χ1n) is 11.3. The van der Waals surface area contributed by atoms with E-state index in [0.29, 0.717) is 5.52 Å². The van der Waals surface area contributed by atoms with Crippen LogP contribution in [0.4, 0.5) is 4.39 Å². The van der Waals surface area contributed by atoms with Gasteiger partial charge in [0.2, 0.25) is 0 Å². The van der Waals surface area contributed by atoms with E-state index in [2.05, 4.69) is 33.7 Å². The molecule has 29 heavy (non-hydrogen) atoms. The lowest BCUT2D eigenvalue weighted by Crippen LogP contribution is -2.47. The lowest BCUT2D eigenvalue weighted by atomic mass is 9.93. The molecule has 2 aromatic rings. The minimum atomic E-state index is -0.228. The fraction of sp³-hybridized carbons (Fsp3) is 0.625. The van der Waals surface area contributed by atoms with Crippen molar-refractivity contribution in [3.8, 4) is 0 Å². The summed E-state index contributed by atoms with van der Waals surface area (Å²) in [4.78, 5) is 12.3. The monoisotopic (exact) mass is 398 g/mol. The van der Waals surface area contributed by atoms with Crippen molar-refractivity contribution in [3.05, 3.63) is 41.8 Å². The number of nitrogens with zero attached hydrogens (tertiary/aromatic N) is 4. The first-order valence-corrected chi connectivity index (χ1v) is 11.3. The molecule has 0 atom stereocenters. The Morgan fingerprint density at radius 3 is 2.52 bits per heavy atom. The van der Waals surface area contributed by atoms with Crippen LogP contribution in [0.2, 0.25) is 0 Å². The topological polar surface area (TPSA) is 22.6 Å². The van der Waals surface area contributed by atoms with Gasteiger partial charge in [0.25, 0.3) is 0 Å². The first-order chi connectivity index (χ1) is 14.1. The van der Waals surface area contributed by atoms with Crippen LogP contribution in [-0.2, 0) is 6.54 Å². The molecule has 0 amide bonds. The highest BCUT2D eigenvalue weighted by molar-refractivity contribution is 5.79. The molecule has 2 aliphatic heterocycles. The lowest BCUT2D eigenvalue weighted by molar-refractivity contribution is 0.0745. The average molecular weight is 399 g/mol. The Kier molecular flexibility index (Phi) is 6.78. The number of rotatable bonds is 6. The molecular weight excluding hydrogens is 363 g/mol. The molecule has 3 heterocycles. The molecule has 4 nitrogen and oxygen atoms in total. The van der Waals surface area contributed by atoms with E-state index < -0.39 is 0 Å². The van der Waals surface area contributed by atoms with Crippen molar-refractivity contribution in [1.29, 1.82) is 0 Å². The zero-order valence-corrected chi connectivity index (χ0v) is 18.0. The number of fused-ring (bicyclic) bond motifs is 1. The number of aromatic nitrogens is 1. The van der Waals surface area contributed by atoms with Crippen molar-refractivity contribution in [2.45, 2.75) is 45.2 Å². The number of benzene rings is 1. The highest BCUT2D eigenvalue weighted by atomic mass is 19.1. The fourth-order valence-electron chi connectivity index (χ4n) is 5.00. The van der Waals surface area contributed by atoms with E-state index in [4.69, 9.17) is 0 Å². The Bertz CT molecular complexity index is 795. The molecule has 1 aromatic carbocycles. The third-order valence-electron chi connectivity index (χ3n) is 6.93. The van der Waals surface area contributed by atoms with Gasteiger partial charge in [-0.3, -0.25) is 4.90 Å². The Balaban J connectivity index is 1.30. The van der Waals surface area contributed by atoms with Gasteiger partial charge in [-0.1, -0.05) is 25.1 Å². The third kappa shape index (κ3) is 5.14. The molecule has 0 aliphatic carbocycles. The summed E-state index contributed by atoms with van der Waals surface area (Å²) in [5.74, 6) is 0.531. The molecule has 0 saturated carbocycles. The number of halogens is 1. The molecule has 2 saturated heterocycles. The van der Waals surface area contributed by atoms with Crippen LogP contribution in [-0.4, -0.2) is 72.0 Å². The highest BCUT2D eigenvalue weighted by Crippen LogP contribution is 2.25. The normalized spacial score (nSPS) is 20.7. The predicted molar refractivity (Wildman–Crippen MR) is 117 cm³/mol. The molecule has 1 aromatic heterocycles. The molecule has 0 bridgehead atoms. The summed E-state index contributed by atoms with van der Waals surface area (Å²) in [5.41, 5.74) is 1.46. The van der Waals surface area contributed by atoms with Gasteiger partial charge >= 0.3 is 0 Å². The predicted octanol–water partition coefficient (Wildman–Crippen LogP) is 4.00. The second kappa shape index (κ2) is 9.50. The van der Waals surface area contributed by atoms with Crippen LogP contribution in [0.5, 0.6) is 0 Å². The van der Waals surface area contributed by atoms with E-state index in [1.807, 2.05) is 18.2 Å². The Labute approximate surface area is 174 Å². The minimum Gasteiger partial charge on any atom is -0.306 e. The standard InChI is InChI=1S/C24H35FN4/c1-3-28(18-21-8-7-20-5-4-6-23(25)24(20)26-21)17-19-9-15-29(16-10-19)22-11-13-27(2)14-12-22/h4-8,19,22H,3,9-18H2,1-2H3. The largest absolute Gasteiger partial charge is 0.306 e. The molecular formula is C24H35FN4. The van der Waals surface area contributed by atoms with E-state index in [0.717, 1.165) is 42.7 Å². The average Bonchev–Trinajstić information content (AvgIpc) is 2.75. The molecule has 4 rings (SSSR count). The van der Waals surface area contributed by atoms with Gasteiger partial charge in [-0.2, -0.15) is 0 Å². The van der Waals surface area contributed by atoms with Crippen molar-refractivity contribution < 1.29 is 4.39 Å². The second-order valence-electron chi connectivity index (χ2n) is 8.96. The summed E-state index contributed by atoms with van der Waals surface area (Å²) in [5, 5.41) is 0.873. The number of hydrogen-bond acceptors (Lipinski definition) is 4. The molecule has 0 N–H and O–H groups in total. The molecule has 158 valence electrons. The SMILES string of the molecule is CCN(Cc1ccc2cccc(F)c2n1)CC1CCN(C2CCN(C)CC2)CC1. The Morgan fingerprint density at radius 1 is 1.03 bits per heavy atom. The molecule has 2 aliphatic rings. The second-order valence-corrected chi connectivity index (χ2v) is 8.96. The van der Waals surface area contributed by atoms with E-state index in [1.54, 1.807) is 6.07 Å². The van der Waals surface area contributed by atoms with Gasteiger partial charge in [0.05, 0.1) is 5.69 Å². The maximum atomic E-state index is 14.1. The van der Waals surface area contributed by atoms with Crippen molar-refractivity contribution in [2.24, 2.45) is 5.92 Å². The number of para-hydroxylation sites is 1. The number of pyridine rings is 1. The van der Waals surface area contributed by atoms with E-state index in [-0.39, 0.29) is 5.82 Å². The highest BCUT2D eigenvalue weighted by Gasteiger charge is 2.28. The Morgan fingerprint density at radius 2 is 1.79 bits per heavy atom. The summed E-state index contributed by atoms with van der Waals surface area (Å²) in [7, 11) is 2.24. The van der Waals surface area contributed by atoms with Gasteiger partial charge in [-0.25, -0.2) is 9.37 Å². The van der Waals surface area contributed by atoms with Gasteiger partial charge in [0.1, 0.15) is 11.3 Å².